The molecule has 0 spiro atoms. The van der Waals surface area contributed by atoms with E-state index in [-0.39, 0.29) is 11.1 Å². The molecule has 0 aliphatic carbocycles. The number of nitrogens with zero attached hydrogens (tertiary/aromatic N) is 5. The molecule has 0 fully saturated rings. The number of tetrazole rings is 1. The topological polar surface area (TPSA) is 79.7 Å². The van der Waals surface area contributed by atoms with Crippen molar-refractivity contribution in [3.05, 3.63) is 85.9 Å². The van der Waals surface area contributed by atoms with Crippen molar-refractivity contribution in [3.8, 4) is 0 Å². The Hall–Kier alpha value is -3.03. The van der Waals surface area contributed by atoms with E-state index in [0.29, 0.717) is 30.2 Å². The molecule has 4 aromatic rings. The molecule has 0 amide bonds. The number of aromatic amines is 1. The lowest BCUT2D eigenvalue weighted by Crippen LogP contribution is -2.31. The zero-order valence-electron chi connectivity index (χ0n) is 19.7. The van der Waals surface area contributed by atoms with Crippen LogP contribution < -0.4 is 5.56 Å². The van der Waals surface area contributed by atoms with Crippen LogP contribution in [0.4, 0.5) is 0 Å². The number of nitrogens with one attached hydrogen (secondary N) is 1. The van der Waals surface area contributed by atoms with Crippen LogP contribution in [0.1, 0.15) is 48.8 Å². The summed E-state index contributed by atoms with van der Waals surface area (Å²) in [6, 6.07) is 13.9. The minimum absolute atomic E-state index is 0.0889. The molecule has 0 unspecified atom stereocenters. The first-order valence-corrected chi connectivity index (χ1v) is 11.4. The highest BCUT2D eigenvalue weighted by Crippen LogP contribution is 2.22. The fraction of sp³-hybridized carbons (Fsp3) is 0.360. The maximum atomic E-state index is 13.0. The third-order valence-corrected chi connectivity index (χ3v) is 6.02. The van der Waals surface area contributed by atoms with Crippen LogP contribution in [-0.4, -0.2) is 30.1 Å². The molecule has 0 atom stereocenters. The van der Waals surface area contributed by atoms with Crippen LogP contribution in [0.3, 0.4) is 0 Å². The van der Waals surface area contributed by atoms with Crippen LogP contribution in [0, 0.1) is 13.8 Å². The molecule has 1 N–H and O–H groups in total. The van der Waals surface area contributed by atoms with Crippen molar-refractivity contribution in [2.45, 2.75) is 59.8 Å². The molecule has 0 saturated heterocycles. The number of hydrogen-bond donors (Lipinski definition) is 1. The van der Waals surface area contributed by atoms with Gasteiger partial charge in [-0.2, -0.15) is 0 Å². The van der Waals surface area contributed by atoms with E-state index in [1.807, 2.05) is 41.9 Å². The van der Waals surface area contributed by atoms with Gasteiger partial charge in [0.25, 0.3) is 5.56 Å². The summed E-state index contributed by atoms with van der Waals surface area (Å²) in [6.45, 7) is 11.7. The number of aromatic nitrogens is 5. The molecular formula is C25H29ClN6O. The van der Waals surface area contributed by atoms with E-state index in [4.69, 9.17) is 11.6 Å². The maximum Gasteiger partial charge on any atom is 0.252 e. The number of hydrogen-bond acceptors (Lipinski definition) is 5. The summed E-state index contributed by atoms with van der Waals surface area (Å²) < 4.78 is 1.82. The lowest BCUT2D eigenvalue weighted by molar-refractivity contribution is 0.223. The summed E-state index contributed by atoms with van der Waals surface area (Å²) in [5.41, 5.74) is 4.43. The summed E-state index contributed by atoms with van der Waals surface area (Å²) >= 11 is 6.46. The Labute approximate surface area is 198 Å². The summed E-state index contributed by atoms with van der Waals surface area (Å²) in [5.74, 6) is 0.735. The van der Waals surface area contributed by atoms with Crippen molar-refractivity contribution in [2.75, 3.05) is 0 Å². The summed E-state index contributed by atoms with van der Waals surface area (Å²) in [7, 11) is 0. The molecule has 2 aromatic heterocycles. The Bertz CT molecular complexity index is 1350. The highest BCUT2D eigenvalue weighted by Gasteiger charge is 2.22. The molecule has 0 bridgehead atoms. The fourth-order valence-corrected chi connectivity index (χ4v) is 4.35. The normalized spacial score (nSPS) is 12.1. The Kier molecular flexibility index (Phi) is 6.36. The lowest BCUT2D eigenvalue weighted by atomic mass is 10.0. The van der Waals surface area contributed by atoms with Crippen molar-refractivity contribution < 1.29 is 0 Å². The molecular weight excluding hydrogens is 436 g/mol. The Morgan fingerprint density at radius 2 is 1.76 bits per heavy atom. The first-order valence-electron chi connectivity index (χ1n) is 11.0. The van der Waals surface area contributed by atoms with Gasteiger partial charge in [-0.15, -0.1) is 5.10 Å². The first kappa shape index (κ1) is 23.1. The molecule has 33 heavy (non-hydrogen) atoms. The van der Waals surface area contributed by atoms with Gasteiger partial charge in [0.1, 0.15) is 0 Å². The van der Waals surface area contributed by atoms with Gasteiger partial charge in [-0.05, 0) is 79.8 Å². The van der Waals surface area contributed by atoms with Crippen molar-refractivity contribution in [2.24, 2.45) is 0 Å². The molecule has 2 aromatic carbocycles. The van der Waals surface area contributed by atoms with Gasteiger partial charge in [0.05, 0.1) is 17.6 Å². The van der Waals surface area contributed by atoms with E-state index < -0.39 is 0 Å². The van der Waals surface area contributed by atoms with Crippen molar-refractivity contribution in [1.82, 2.24) is 30.1 Å². The molecule has 0 radical (unpaired) electrons. The van der Waals surface area contributed by atoms with Crippen LogP contribution >= 0.6 is 11.6 Å². The van der Waals surface area contributed by atoms with E-state index in [9.17, 15) is 4.79 Å². The molecule has 0 saturated carbocycles. The first-order chi connectivity index (χ1) is 15.6. The van der Waals surface area contributed by atoms with Gasteiger partial charge in [-0.3, -0.25) is 9.69 Å². The Morgan fingerprint density at radius 3 is 2.48 bits per heavy atom. The standard InChI is InChI=1S/C25H29ClN6O/c1-16-10-17(2)23-19(11-16)12-20(24(33)27-23)14-31(13-18-8-6-7-9-21(18)26)15-22-28-29-30-32(22)25(3,4)5/h6-12H,13-15H2,1-5H3,(H,27,33). The molecule has 172 valence electrons. The van der Waals surface area contributed by atoms with E-state index in [1.165, 1.54) is 0 Å². The molecule has 2 heterocycles. The van der Waals surface area contributed by atoms with Gasteiger partial charge in [-0.25, -0.2) is 4.68 Å². The summed E-state index contributed by atoms with van der Waals surface area (Å²) in [5, 5.41) is 14.1. The van der Waals surface area contributed by atoms with E-state index in [1.54, 1.807) is 0 Å². The van der Waals surface area contributed by atoms with Crippen molar-refractivity contribution >= 4 is 22.5 Å². The highest BCUT2D eigenvalue weighted by molar-refractivity contribution is 6.31. The van der Waals surface area contributed by atoms with Gasteiger partial charge >= 0.3 is 0 Å². The average Bonchev–Trinajstić information content (AvgIpc) is 3.19. The quantitative estimate of drug-likeness (QED) is 0.445. The summed E-state index contributed by atoms with van der Waals surface area (Å²) in [6.07, 6.45) is 0. The number of H-pyrrole nitrogens is 1. The van der Waals surface area contributed by atoms with Crippen LogP contribution in [0.15, 0.2) is 47.3 Å². The van der Waals surface area contributed by atoms with E-state index in [0.717, 1.165) is 33.4 Å². The SMILES string of the molecule is Cc1cc(C)c2[nH]c(=O)c(CN(Cc3ccccc3Cl)Cc3nnnn3C(C)(C)C)cc2c1. The Balaban J connectivity index is 1.72. The third kappa shape index (κ3) is 5.15. The predicted octanol–water partition coefficient (Wildman–Crippen LogP) is 4.74. The zero-order valence-corrected chi connectivity index (χ0v) is 20.4. The Morgan fingerprint density at radius 1 is 1.03 bits per heavy atom. The van der Waals surface area contributed by atoms with Crippen LogP contribution in [0.2, 0.25) is 5.02 Å². The van der Waals surface area contributed by atoms with Gasteiger partial charge in [0.2, 0.25) is 0 Å². The molecule has 0 aliphatic heterocycles. The number of rotatable bonds is 6. The van der Waals surface area contributed by atoms with Gasteiger partial charge in [0.15, 0.2) is 5.82 Å². The molecule has 0 aliphatic rings. The number of aryl methyl sites for hydroxylation is 2. The van der Waals surface area contributed by atoms with Crippen LogP contribution in [0.25, 0.3) is 10.9 Å². The number of fused-ring (bicyclic) bond motifs is 1. The van der Waals surface area contributed by atoms with Crippen molar-refractivity contribution in [1.29, 1.82) is 0 Å². The predicted molar refractivity (Wildman–Crippen MR) is 131 cm³/mol. The number of halogens is 1. The zero-order chi connectivity index (χ0) is 23.8. The van der Waals surface area contributed by atoms with E-state index >= 15 is 0 Å². The second kappa shape index (κ2) is 9.08. The monoisotopic (exact) mass is 464 g/mol. The van der Waals surface area contributed by atoms with Gasteiger partial charge in [0, 0.05) is 23.7 Å². The molecule has 8 heteroatoms. The van der Waals surface area contributed by atoms with Gasteiger partial charge in [-0.1, -0.05) is 41.4 Å². The largest absolute Gasteiger partial charge is 0.321 e. The highest BCUT2D eigenvalue weighted by atomic mass is 35.5. The minimum atomic E-state index is -0.260. The van der Waals surface area contributed by atoms with E-state index in [2.05, 4.69) is 65.2 Å². The third-order valence-electron chi connectivity index (χ3n) is 5.65. The minimum Gasteiger partial charge on any atom is -0.321 e. The number of benzene rings is 2. The van der Waals surface area contributed by atoms with Gasteiger partial charge < -0.3 is 4.98 Å². The van der Waals surface area contributed by atoms with Crippen LogP contribution in [-0.2, 0) is 25.2 Å². The number of pyridine rings is 1. The van der Waals surface area contributed by atoms with Crippen LogP contribution in [0.5, 0.6) is 0 Å². The maximum absolute atomic E-state index is 13.0. The summed E-state index contributed by atoms with van der Waals surface area (Å²) in [4.78, 5) is 18.2. The lowest BCUT2D eigenvalue weighted by Gasteiger charge is -2.25. The molecule has 4 rings (SSSR count). The smallest absolute Gasteiger partial charge is 0.252 e. The molecule has 7 nitrogen and oxygen atoms in total. The fourth-order valence-electron chi connectivity index (χ4n) is 4.15. The second-order valence-electron chi connectivity index (χ2n) is 9.58. The average molecular weight is 465 g/mol. The second-order valence-corrected chi connectivity index (χ2v) is 9.99. The van der Waals surface area contributed by atoms with Crippen molar-refractivity contribution in [3.63, 3.8) is 0 Å².